The Morgan fingerprint density at radius 1 is 0.588 bits per heavy atom. The van der Waals surface area contributed by atoms with E-state index in [4.69, 9.17) is 15.0 Å². The van der Waals surface area contributed by atoms with Crippen LogP contribution in [-0.4, -0.2) is 19.5 Å². The highest BCUT2D eigenvalue weighted by Gasteiger charge is 2.19. The van der Waals surface area contributed by atoms with Crippen LogP contribution in [0.25, 0.3) is 50.3 Å². The topological polar surface area (TPSA) is 43.6 Å². The maximum Gasteiger partial charge on any atom is 0.164 e. The van der Waals surface area contributed by atoms with Gasteiger partial charge in [0.2, 0.25) is 0 Å². The van der Waals surface area contributed by atoms with Crippen molar-refractivity contribution in [2.45, 2.75) is 19.8 Å². The highest BCUT2D eigenvalue weighted by molar-refractivity contribution is 6.15. The van der Waals surface area contributed by atoms with Crippen LogP contribution in [-0.2, 0) is 0 Å². The van der Waals surface area contributed by atoms with Crippen molar-refractivity contribution >= 4 is 21.8 Å². The molecular formula is C30H24N4. The van der Waals surface area contributed by atoms with Crippen LogP contribution in [0.4, 0.5) is 0 Å². The van der Waals surface area contributed by atoms with Gasteiger partial charge in [-0.15, -0.1) is 0 Å². The Labute approximate surface area is 198 Å². The molecule has 164 valence electrons. The van der Waals surface area contributed by atoms with Crippen molar-refractivity contribution in [3.63, 3.8) is 0 Å². The number of hydrogen-bond donors (Lipinski definition) is 0. The molecule has 0 N–H and O–H groups in total. The lowest BCUT2D eigenvalue weighted by Gasteiger charge is -2.11. The molecule has 4 heteroatoms. The Morgan fingerprint density at radius 3 is 2.00 bits per heavy atom. The first kappa shape index (κ1) is 20.3. The predicted molar refractivity (Wildman–Crippen MR) is 139 cm³/mol. The second kappa shape index (κ2) is 8.23. The summed E-state index contributed by atoms with van der Waals surface area (Å²) in [4.78, 5) is 14.7. The fourth-order valence-electron chi connectivity index (χ4n) is 4.55. The standard InChI is InChI=1S/C30H24N4/c1-20(2)28-31-29(21-12-5-3-6-13-21)33-30(32-28)24-17-11-19-26-27(24)23-16-9-10-18-25(23)34(26)22-14-7-4-8-15-22/h3-20H,1-2H3. The Kier molecular flexibility index (Phi) is 4.92. The van der Waals surface area contributed by atoms with E-state index in [0.29, 0.717) is 11.6 Å². The van der Waals surface area contributed by atoms with Crippen molar-refractivity contribution in [3.05, 3.63) is 109 Å². The molecule has 2 aromatic heterocycles. The maximum atomic E-state index is 4.96. The molecule has 0 aliphatic rings. The molecule has 6 rings (SSSR count). The zero-order valence-corrected chi connectivity index (χ0v) is 19.2. The Bertz CT molecular complexity index is 1620. The molecule has 0 saturated heterocycles. The highest BCUT2D eigenvalue weighted by Crippen LogP contribution is 2.37. The molecule has 0 aliphatic carbocycles. The Hall–Kier alpha value is -4.31. The third kappa shape index (κ3) is 3.35. The Morgan fingerprint density at radius 2 is 1.24 bits per heavy atom. The van der Waals surface area contributed by atoms with Gasteiger partial charge in [-0.05, 0) is 24.3 Å². The smallest absolute Gasteiger partial charge is 0.164 e. The van der Waals surface area contributed by atoms with Crippen LogP contribution in [0, 0.1) is 0 Å². The number of nitrogens with zero attached hydrogens (tertiary/aromatic N) is 4. The average Bonchev–Trinajstić information content (AvgIpc) is 3.24. The largest absolute Gasteiger partial charge is 0.309 e. The second-order valence-corrected chi connectivity index (χ2v) is 8.75. The molecule has 0 amide bonds. The lowest BCUT2D eigenvalue weighted by molar-refractivity contribution is 0.766. The van der Waals surface area contributed by atoms with Crippen LogP contribution >= 0.6 is 0 Å². The van der Waals surface area contributed by atoms with Crippen LogP contribution < -0.4 is 0 Å². The number of benzene rings is 4. The second-order valence-electron chi connectivity index (χ2n) is 8.75. The van der Waals surface area contributed by atoms with E-state index in [1.165, 1.54) is 5.39 Å². The average molecular weight is 441 g/mol. The fourth-order valence-corrected chi connectivity index (χ4v) is 4.55. The molecule has 0 bridgehead atoms. The van der Waals surface area contributed by atoms with Gasteiger partial charge in [0.25, 0.3) is 0 Å². The minimum atomic E-state index is 0.189. The number of fused-ring (bicyclic) bond motifs is 3. The maximum absolute atomic E-state index is 4.96. The van der Waals surface area contributed by atoms with Gasteiger partial charge in [-0.3, -0.25) is 0 Å². The van der Waals surface area contributed by atoms with E-state index in [1.807, 2.05) is 36.4 Å². The molecule has 0 aliphatic heterocycles. The minimum Gasteiger partial charge on any atom is -0.309 e. The first-order chi connectivity index (χ1) is 16.7. The molecular weight excluding hydrogens is 416 g/mol. The normalized spacial score (nSPS) is 11.5. The molecule has 34 heavy (non-hydrogen) atoms. The molecule has 4 nitrogen and oxygen atoms in total. The van der Waals surface area contributed by atoms with E-state index in [1.54, 1.807) is 0 Å². The number of hydrogen-bond acceptors (Lipinski definition) is 3. The zero-order chi connectivity index (χ0) is 23.1. The number of para-hydroxylation sites is 2. The minimum absolute atomic E-state index is 0.189. The molecule has 0 unspecified atom stereocenters. The Balaban J connectivity index is 1.68. The summed E-state index contributed by atoms with van der Waals surface area (Å²) >= 11 is 0. The summed E-state index contributed by atoms with van der Waals surface area (Å²) in [7, 11) is 0. The quantitative estimate of drug-likeness (QED) is 0.286. The van der Waals surface area contributed by atoms with Crippen molar-refractivity contribution < 1.29 is 0 Å². The molecule has 0 atom stereocenters. The van der Waals surface area contributed by atoms with Gasteiger partial charge in [-0.1, -0.05) is 92.7 Å². The fraction of sp³-hybridized carbons (Fsp3) is 0.100. The number of rotatable bonds is 4. The third-order valence-electron chi connectivity index (χ3n) is 6.15. The van der Waals surface area contributed by atoms with Gasteiger partial charge < -0.3 is 4.57 Å². The van der Waals surface area contributed by atoms with E-state index in [0.717, 1.165) is 39.1 Å². The molecule has 6 aromatic rings. The highest BCUT2D eigenvalue weighted by atomic mass is 15.0. The number of aromatic nitrogens is 4. The lowest BCUT2D eigenvalue weighted by atomic mass is 10.1. The SMILES string of the molecule is CC(C)c1nc(-c2ccccc2)nc(-c2cccc3c2c2ccccc2n3-c2ccccc2)n1. The van der Waals surface area contributed by atoms with Gasteiger partial charge in [0, 0.05) is 33.5 Å². The molecule has 0 radical (unpaired) electrons. The monoisotopic (exact) mass is 440 g/mol. The van der Waals surface area contributed by atoms with E-state index in [2.05, 4.69) is 85.1 Å². The summed E-state index contributed by atoms with van der Waals surface area (Å²) < 4.78 is 2.32. The summed E-state index contributed by atoms with van der Waals surface area (Å²) in [5.41, 5.74) is 5.45. The van der Waals surface area contributed by atoms with Gasteiger partial charge in [0.15, 0.2) is 11.6 Å². The third-order valence-corrected chi connectivity index (χ3v) is 6.15. The lowest BCUT2D eigenvalue weighted by Crippen LogP contribution is -2.04. The van der Waals surface area contributed by atoms with Crippen molar-refractivity contribution in [1.82, 2.24) is 19.5 Å². The van der Waals surface area contributed by atoms with E-state index in [9.17, 15) is 0 Å². The molecule has 0 fully saturated rings. The van der Waals surface area contributed by atoms with Crippen LogP contribution in [0.2, 0.25) is 0 Å². The first-order valence-electron chi connectivity index (χ1n) is 11.6. The van der Waals surface area contributed by atoms with Gasteiger partial charge in [0.1, 0.15) is 5.82 Å². The van der Waals surface area contributed by atoms with E-state index in [-0.39, 0.29) is 5.92 Å². The van der Waals surface area contributed by atoms with Crippen LogP contribution in [0.5, 0.6) is 0 Å². The van der Waals surface area contributed by atoms with E-state index < -0.39 is 0 Å². The summed E-state index contributed by atoms with van der Waals surface area (Å²) in [5.74, 6) is 2.40. The van der Waals surface area contributed by atoms with Crippen LogP contribution in [0.3, 0.4) is 0 Å². The predicted octanol–water partition coefficient (Wildman–Crippen LogP) is 7.43. The van der Waals surface area contributed by atoms with Crippen LogP contribution in [0.1, 0.15) is 25.6 Å². The first-order valence-corrected chi connectivity index (χ1v) is 11.6. The van der Waals surface area contributed by atoms with Crippen molar-refractivity contribution in [1.29, 1.82) is 0 Å². The van der Waals surface area contributed by atoms with Gasteiger partial charge in [-0.25, -0.2) is 15.0 Å². The van der Waals surface area contributed by atoms with Gasteiger partial charge in [-0.2, -0.15) is 0 Å². The van der Waals surface area contributed by atoms with Crippen molar-refractivity contribution in [2.75, 3.05) is 0 Å². The van der Waals surface area contributed by atoms with Crippen molar-refractivity contribution in [2.24, 2.45) is 0 Å². The molecule has 2 heterocycles. The van der Waals surface area contributed by atoms with Crippen molar-refractivity contribution in [3.8, 4) is 28.5 Å². The molecule has 4 aromatic carbocycles. The summed E-state index contributed by atoms with van der Waals surface area (Å²) in [6.45, 7) is 4.24. The van der Waals surface area contributed by atoms with E-state index >= 15 is 0 Å². The van der Waals surface area contributed by atoms with Crippen LogP contribution in [0.15, 0.2) is 103 Å². The molecule has 0 spiro atoms. The van der Waals surface area contributed by atoms with Gasteiger partial charge in [0.05, 0.1) is 11.0 Å². The van der Waals surface area contributed by atoms with Gasteiger partial charge >= 0.3 is 0 Å². The summed E-state index contributed by atoms with van der Waals surface area (Å²) in [5, 5.41) is 2.34. The molecule has 0 saturated carbocycles. The zero-order valence-electron chi connectivity index (χ0n) is 19.2. The summed E-state index contributed by atoms with van der Waals surface area (Å²) in [6.07, 6.45) is 0. The summed E-state index contributed by atoms with van der Waals surface area (Å²) in [6, 6.07) is 35.6.